The summed E-state index contributed by atoms with van der Waals surface area (Å²) in [4.78, 5) is 28.8. The Labute approximate surface area is 218 Å². The van der Waals surface area contributed by atoms with Crippen LogP contribution < -0.4 is 0 Å². The number of nitrogens with zero attached hydrogens (tertiary/aromatic N) is 3. The number of alkyl halides is 6. The molecule has 212 valence electrons. The maximum absolute atomic E-state index is 10.6. The number of hydrogen-bond donors (Lipinski definition) is 2. The van der Waals surface area contributed by atoms with E-state index in [1.165, 1.54) is 10.4 Å². The topological polar surface area (TPSA) is 103 Å². The van der Waals surface area contributed by atoms with Gasteiger partial charge in [0.2, 0.25) is 0 Å². The normalized spacial score (nSPS) is 21.9. The van der Waals surface area contributed by atoms with E-state index in [-0.39, 0.29) is 0 Å². The van der Waals surface area contributed by atoms with Crippen molar-refractivity contribution in [3.63, 3.8) is 0 Å². The highest BCUT2D eigenvalue weighted by molar-refractivity contribution is 7.09. The Hall–Kier alpha value is -2.75. The van der Waals surface area contributed by atoms with Crippen LogP contribution in [0.15, 0.2) is 42.0 Å². The predicted molar refractivity (Wildman–Crippen MR) is 124 cm³/mol. The molecule has 2 N–H and O–H groups in total. The van der Waals surface area contributed by atoms with Crippen molar-refractivity contribution >= 4 is 23.3 Å². The zero-order chi connectivity index (χ0) is 28.5. The van der Waals surface area contributed by atoms with E-state index in [0.29, 0.717) is 18.1 Å². The fourth-order valence-corrected chi connectivity index (χ4v) is 5.02. The third-order valence-electron chi connectivity index (χ3n) is 5.91. The summed E-state index contributed by atoms with van der Waals surface area (Å²) in [6, 6.07) is 9.21. The van der Waals surface area contributed by atoms with E-state index in [0.717, 1.165) is 39.1 Å². The predicted octanol–water partition coefficient (Wildman–Crippen LogP) is 4.13. The number of piperidine rings is 1. The second-order valence-corrected chi connectivity index (χ2v) is 9.54. The second-order valence-electron chi connectivity index (χ2n) is 8.51. The molecule has 0 spiro atoms. The quantitative estimate of drug-likeness (QED) is 0.517. The minimum absolute atomic E-state index is 0.397. The number of fused-ring (bicyclic) bond motifs is 1. The molecular weight excluding hydrogens is 544 g/mol. The molecule has 0 unspecified atom stereocenters. The zero-order valence-electron chi connectivity index (χ0n) is 20.2. The molecule has 0 amide bonds. The first-order chi connectivity index (χ1) is 17.7. The molecule has 0 saturated carbocycles. The standard InChI is InChI=1S/C19H25N3OS.2C2HF3O2/c1-23-19-6-8-22(12-16-5-3-9-24-16)18-14-21(13-17(18)19)11-15-4-2-7-20-10-15;2*3-2(4,5)1(6)7/h2-5,7,9-10,17-19H,6,8,11-14H2,1H3;2*(H,6,7)/t17-,18+,19+;;/m0../s1. The number of aromatic nitrogens is 1. The van der Waals surface area contributed by atoms with Crippen LogP contribution in [0.1, 0.15) is 16.9 Å². The third kappa shape index (κ3) is 9.85. The van der Waals surface area contributed by atoms with Crippen LogP contribution in [0.3, 0.4) is 0 Å². The summed E-state index contributed by atoms with van der Waals surface area (Å²) in [5.41, 5.74) is 1.30. The summed E-state index contributed by atoms with van der Waals surface area (Å²) < 4.78 is 69.3. The van der Waals surface area contributed by atoms with Gasteiger partial charge in [0.15, 0.2) is 0 Å². The number of hydrogen-bond acceptors (Lipinski definition) is 7. The van der Waals surface area contributed by atoms with E-state index in [9.17, 15) is 26.3 Å². The Morgan fingerprint density at radius 1 is 1.05 bits per heavy atom. The first kappa shape index (κ1) is 31.5. The van der Waals surface area contributed by atoms with Gasteiger partial charge in [-0.2, -0.15) is 26.3 Å². The summed E-state index contributed by atoms with van der Waals surface area (Å²) >= 11 is 1.87. The number of rotatable bonds is 5. The lowest BCUT2D eigenvalue weighted by atomic mass is 9.89. The highest BCUT2D eigenvalue weighted by Gasteiger charge is 2.44. The fraction of sp³-hybridized carbons (Fsp3) is 0.522. The molecule has 2 saturated heterocycles. The lowest BCUT2D eigenvalue weighted by Gasteiger charge is -2.41. The van der Waals surface area contributed by atoms with E-state index < -0.39 is 24.3 Å². The van der Waals surface area contributed by atoms with Crippen molar-refractivity contribution in [2.75, 3.05) is 26.7 Å². The summed E-state index contributed by atoms with van der Waals surface area (Å²) in [6.07, 6.45) is -4.80. The monoisotopic (exact) mass is 571 g/mol. The molecule has 3 atom stereocenters. The van der Waals surface area contributed by atoms with Crippen LogP contribution in [0.4, 0.5) is 26.3 Å². The Bertz CT molecular complexity index is 983. The maximum Gasteiger partial charge on any atom is 0.490 e. The molecule has 8 nitrogen and oxygen atoms in total. The number of aliphatic carboxylic acids is 2. The molecule has 2 aliphatic rings. The highest BCUT2D eigenvalue weighted by Crippen LogP contribution is 2.34. The van der Waals surface area contributed by atoms with Crippen LogP contribution in [0.2, 0.25) is 0 Å². The summed E-state index contributed by atoms with van der Waals surface area (Å²) in [7, 11) is 1.88. The number of thiophene rings is 1. The molecule has 2 aromatic rings. The molecule has 0 radical (unpaired) electrons. The molecule has 2 aromatic heterocycles. The SMILES string of the molecule is CO[C@@H]1CCN(Cc2cccs2)[C@@H]2CN(Cc3cccnc3)C[C@@H]21.O=C(O)C(F)(F)F.O=C(O)C(F)(F)F. The number of pyridine rings is 1. The van der Waals surface area contributed by atoms with E-state index in [1.807, 2.05) is 36.9 Å². The number of methoxy groups -OCH3 is 1. The van der Waals surface area contributed by atoms with Gasteiger partial charge in [-0.05, 0) is 29.5 Å². The largest absolute Gasteiger partial charge is 0.490 e. The zero-order valence-corrected chi connectivity index (χ0v) is 21.0. The number of carbonyl (C=O) groups is 2. The van der Waals surface area contributed by atoms with Crippen LogP contribution >= 0.6 is 11.3 Å². The average molecular weight is 572 g/mol. The van der Waals surface area contributed by atoms with Crippen LogP contribution in [-0.2, 0) is 27.4 Å². The van der Waals surface area contributed by atoms with Gasteiger partial charge in [-0.25, -0.2) is 9.59 Å². The first-order valence-corrected chi connectivity index (χ1v) is 12.1. The van der Waals surface area contributed by atoms with Crippen molar-refractivity contribution in [2.45, 2.75) is 44.0 Å². The minimum Gasteiger partial charge on any atom is -0.475 e. The van der Waals surface area contributed by atoms with Crippen LogP contribution in [0.5, 0.6) is 0 Å². The van der Waals surface area contributed by atoms with E-state index in [1.54, 1.807) is 0 Å². The Morgan fingerprint density at radius 3 is 2.16 bits per heavy atom. The molecule has 2 aliphatic heterocycles. The number of halogens is 6. The average Bonchev–Trinajstić information content (AvgIpc) is 3.50. The maximum atomic E-state index is 10.6. The smallest absolute Gasteiger partial charge is 0.475 e. The van der Waals surface area contributed by atoms with Crippen molar-refractivity contribution < 1.29 is 50.9 Å². The fourth-order valence-electron chi connectivity index (χ4n) is 4.29. The van der Waals surface area contributed by atoms with Gasteiger partial charge in [0.25, 0.3) is 0 Å². The second kappa shape index (κ2) is 13.9. The van der Waals surface area contributed by atoms with E-state index in [4.69, 9.17) is 24.5 Å². The number of carboxylic acids is 2. The number of ether oxygens (including phenoxy) is 1. The molecule has 0 bridgehead atoms. The molecule has 2 fully saturated rings. The van der Waals surface area contributed by atoms with E-state index >= 15 is 0 Å². The van der Waals surface area contributed by atoms with E-state index in [2.05, 4.69) is 38.4 Å². The Morgan fingerprint density at radius 2 is 1.68 bits per heavy atom. The molecular formula is C23H27F6N3O5S. The van der Waals surface area contributed by atoms with Gasteiger partial charge in [0.1, 0.15) is 0 Å². The number of carboxylic acid groups (broad SMARTS) is 2. The lowest BCUT2D eigenvalue weighted by Crippen LogP contribution is -2.50. The van der Waals surface area contributed by atoms with Crippen LogP contribution in [0.25, 0.3) is 0 Å². The molecule has 15 heteroatoms. The Kier molecular flexibility index (Phi) is 11.5. The molecule has 38 heavy (non-hydrogen) atoms. The summed E-state index contributed by atoms with van der Waals surface area (Å²) in [5, 5.41) is 16.4. The van der Waals surface area contributed by atoms with Crippen molar-refractivity contribution in [1.29, 1.82) is 0 Å². The van der Waals surface area contributed by atoms with Gasteiger partial charge < -0.3 is 14.9 Å². The van der Waals surface area contributed by atoms with Gasteiger partial charge in [-0.15, -0.1) is 11.3 Å². The van der Waals surface area contributed by atoms with Crippen molar-refractivity contribution in [3.8, 4) is 0 Å². The van der Waals surface area contributed by atoms with Crippen LogP contribution in [0, 0.1) is 5.92 Å². The molecule has 4 heterocycles. The summed E-state index contributed by atoms with van der Waals surface area (Å²) in [5.74, 6) is -4.90. The summed E-state index contributed by atoms with van der Waals surface area (Å²) in [6.45, 7) is 5.46. The molecule has 4 rings (SSSR count). The van der Waals surface area contributed by atoms with Crippen LogP contribution in [-0.4, -0.2) is 88.2 Å². The van der Waals surface area contributed by atoms with Gasteiger partial charge >= 0.3 is 24.3 Å². The Balaban J connectivity index is 0.000000301. The number of likely N-dealkylation sites (tertiary alicyclic amines) is 2. The minimum atomic E-state index is -5.08. The van der Waals surface area contributed by atoms with Gasteiger partial charge in [0.05, 0.1) is 6.10 Å². The third-order valence-corrected chi connectivity index (χ3v) is 6.77. The lowest BCUT2D eigenvalue weighted by molar-refractivity contribution is -0.193. The van der Waals surface area contributed by atoms with Gasteiger partial charge in [-0.3, -0.25) is 14.8 Å². The van der Waals surface area contributed by atoms with Gasteiger partial charge in [-0.1, -0.05) is 12.1 Å². The molecule has 0 aliphatic carbocycles. The van der Waals surface area contributed by atoms with Crippen molar-refractivity contribution in [1.82, 2.24) is 14.8 Å². The molecule has 0 aromatic carbocycles. The highest BCUT2D eigenvalue weighted by atomic mass is 32.1. The van der Waals surface area contributed by atoms with Crippen molar-refractivity contribution in [3.05, 3.63) is 52.5 Å². The first-order valence-electron chi connectivity index (χ1n) is 11.2. The van der Waals surface area contributed by atoms with Crippen molar-refractivity contribution in [2.24, 2.45) is 5.92 Å². The van der Waals surface area contributed by atoms with Gasteiger partial charge in [0, 0.05) is 69.1 Å².